The van der Waals surface area contributed by atoms with Crippen molar-refractivity contribution in [2.45, 2.75) is 40.0 Å². The van der Waals surface area contributed by atoms with Crippen LogP contribution in [0.3, 0.4) is 0 Å². The molecule has 0 aliphatic rings. The summed E-state index contributed by atoms with van der Waals surface area (Å²) in [5.74, 6) is 0. The van der Waals surface area contributed by atoms with Crippen LogP contribution in [-0.4, -0.2) is 0 Å². The molecule has 0 nitrogen and oxygen atoms in total. The van der Waals surface area contributed by atoms with Crippen LogP contribution < -0.4 is 0 Å². The minimum Gasteiger partial charge on any atom is -0.177 e. The molecule has 0 N–H and O–H groups in total. The standard InChI is InChI=1S/C12H17.Y/c1-4-10-7-11(5-2)9-12(6-3)8-10;/h7-8H,4-6H2,1-3H3;/q-1;. The van der Waals surface area contributed by atoms with Crippen molar-refractivity contribution in [2.24, 2.45) is 0 Å². The summed E-state index contributed by atoms with van der Waals surface area (Å²) in [6, 6.07) is 7.94. The van der Waals surface area contributed by atoms with Gasteiger partial charge in [-0.2, -0.15) is 34.9 Å². The Morgan fingerprint density at radius 3 is 1.69 bits per heavy atom. The predicted octanol–water partition coefficient (Wildman–Crippen LogP) is 3.17. The SMILES string of the molecule is CCc1[c-]c(CC)cc(CC)c1.[Y]. The van der Waals surface area contributed by atoms with Gasteiger partial charge in [-0.1, -0.05) is 40.0 Å². The van der Waals surface area contributed by atoms with E-state index in [1.165, 1.54) is 16.7 Å². The summed E-state index contributed by atoms with van der Waals surface area (Å²) >= 11 is 0. The van der Waals surface area contributed by atoms with Gasteiger partial charge in [0.25, 0.3) is 0 Å². The minimum atomic E-state index is 0. The molecule has 13 heavy (non-hydrogen) atoms. The van der Waals surface area contributed by atoms with Crippen LogP contribution in [0.4, 0.5) is 0 Å². The van der Waals surface area contributed by atoms with E-state index in [9.17, 15) is 0 Å². The van der Waals surface area contributed by atoms with E-state index in [4.69, 9.17) is 0 Å². The maximum Gasteiger partial charge on any atom is 0 e. The molecule has 1 rings (SSSR count). The fourth-order valence-electron chi connectivity index (χ4n) is 1.35. The number of rotatable bonds is 3. The molecule has 0 saturated heterocycles. The third-order valence-electron chi connectivity index (χ3n) is 2.21. The fourth-order valence-corrected chi connectivity index (χ4v) is 1.35. The Balaban J connectivity index is 0.00000144. The summed E-state index contributed by atoms with van der Waals surface area (Å²) in [7, 11) is 0. The normalized spacial score (nSPS) is 9.46. The smallest absolute Gasteiger partial charge is 0 e. The van der Waals surface area contributed by atoms with Gasteiger partial charge in [0.1, 0.15) is 0 Å². The molecule has 0 fully saturated rings. The molecule has 1 aromatic carbocycles. The monoisotopic (exact) mass is 250 g/mol. The van der Waals surface area contributed by atoms with Crippen LogP contribution in [0, 0.1) is 6.07 Å². The van der Waals surface area contributed by atoms with Gasteiger partial charge in [0.05, 0.1) is 0 Å². The summed E-state index contributed by atoms with van der Waals surface area (Å²) in [5.41, 5.74) is 4.15. The largest absolute Gasteiger partial charge is 0.177 e. The third-order valence-corrected chi connectivity index (χ3v) is 2.21. The average molecular weight is 250 g/mol. The number of hydrogen-bond acceptors (Lipinski definition) is 0. The first-order valence-corrected chi connectivity index (χ1v) is 4.84. The quantitative estimate of drug-likeness (QED) is 0.723. The zero-order chi connectivity index (χ0) is 8.97. The van der Waals surface area contributed by atoms with Crippen LogP contribution in [0.2, 0.25) is 0 Å². The minimum absolute atomic E-state index is 0. The summed E-state index contributed by atoms with van der Waals surface area (Å²) in [6.07, 6.45) is 3.33. The molecule has 0 aromatic heterocycles. The van der Waals surface area contributed by atoms with E-state index in [1.807, 2.05) is 0 Å². The molecule has 69 valence electrons. The van der Waals surface area contributed by atoms with Gasteiger partial charge in [-0.3, -0.25) is 0 Å². The van der Waals surface area contributed by atoms with Crippen molar-refractivity contribution in [3.8, 4) is 0 Å². The van der Waals surface area contributed by atoms with Crippen molar-refractivity contribution in [2.75, 3.05) is 0 Å². The maximum absolute atomic E-state index is 3.42. The van der Waals surface area contributed by atoms with Crippen LogP contribution in [0.5, 0.6) is 0 Å². The van der Waals surface area contributed by atoms with Crippen LogP contribution in [0.15, 0.2) is 12.1 Å². The second-order valence-electron chi connectivity index (χ2n) is 3.10. The molecule has 0 bridgehead atoms. The van der Waals surface area contributed by atoms with Crippen molar-refractivity contribution in [1.82, 2.24) is 0 Å². The zero-order valence-corrected chi connectivity index (χ0v) is 11.7. The van der Waals surface area contributed by atoms with Crippen LogP contribution in [-0.2, 0) is 52.0 Å². The molecule has 0 amide bonds. The number of aryl methyl sites for hydroxylation is 3. The predicted molar refractivity (Wildman–Crippen MR) is 53.4 cm³/mol. The van der Waals surface area contributed by atoms with Crippen LogP contribution in [0.1, 0.15) is 37.5 Å². The molecule has 1 aromatic rings. The topological polar surface area (TPSA) is 0 Å². The maximum atomic E-state index is 3.42. The van der Waals surface area contributed by atoms with Gasteiger partial charge in [0, 0.05) is 32.7 Å². The second-order valence-corrected chi connectivity index (χ2v) is 3.10. The molecule has 0 atom stereocenters. The molecular weight excluding hydrogens is 233 g/mol. The van der Waals surface area contributed by atoms with Crippen LogP contribution in [0.25, 0.3) is 0 Å². The average Bonchev–Trinajstić information content (AvgIpc) is 2.16. The first-order chi connectivity index (χ1) is 5.80. The summed E-state index contributed by atoms with van der Waals surface area (Å²) < 4.78 is 0. The Morgan fingerprint density at radius 1 is 0.923 bits per heavy atom. The van der Waals surface area contributed by atoms with E-state index >= 15 is 0 Å². The summed E-state index contributed by atoms with van der Waals surface area (Å²) in [6.45, 7) is 6.57. The molecule has 1 radical (unpaired) electrons. The van der Waals surface area contributed by atoms with Crippen LogP contribution >= 0.6 is 0 Å². The molecule has 0 aliphatic heterocycles. The summed E-state index contributed by atoms with van der Waals surface area (Å²) in [4.78, 5) is 0. The van der Waals surface area contributed by atoms with E-state index in [-0.39, 0.29) is 32.7 Å². The molecule has 0 aliphatic carbocycles. The van der Waals surface area contributed by atoms with Gasteiger partial charge >= 0.3 is 0 Å². The van der Waals surface area contributed by atoms with Crippen molar-refractivity contribution in [3.05, 3.63) is 34.9 Å². The van der Waals surface area contributed by atoms with Gasteiger partial charge in [0.2, 0.25) is 0 Å². The summed E-state index contributed by atoms with van der Waals surface area (Å²) in [5, 5.41) is 0. The van der Waals surface area contributed by atoms with Gasteiger partial charge in [-0.05, 0) is 0 Å². The van der Waals surface area contributed by atoms with E-state index in [1.54, 1.807) is 0 Å². The molecule has 0 heterocycles. The fraction of sp³-hybridized carbons (Fsp3) is 0.500. The van der Waals surface area contributed by atoms with Crippen molar-refractivity contribution in [3.63, 3.8) is 0 Å². The van der Waals surface area contributed by atoms with Crippen molar-refractivity contribution in [1.29, 1.82) is 0 Å². The Hall–Kier alpha value is 0.324. The van der Waals surface area contributed by atoms with Gasteiger partial charge in [0.15, 0.2) is 0 Å². The Bertz CT molecular complexity index is 198. The van der Waals surface area contributed by atoms with Crippen molar-refractivity contribution >= 4 is 0 Å². The zero-order valence-electron chi connectivity index (χ0n) is 8.85. The Labute approximate surface area is 107 Å². The van der Waals surface area contributed by atoms with E-state index in [2.05, 4.69) is 39.0 Å². The molecular formula is C12H17Y-. The van der Waals surface area contributed by atoms with E-state index < -0.39 is 0 Å². The molecule has 0 unspecified atom stereocenters. The Kier molecular flexibility index (Phi) is 6.90. The molecule has 0 spiro atoms. The first-order valence-electron chi connectivity index (χ1n) is 4.84. The molecule has 1 heteroatoms. The number of hydrogen-bond donors (Lipinski definition) is 0. The second kappa shape index (κ2) is 6.73. The van der Waals surface area contributed by atoms with Crippen molar-refractivity contribution < 1.29 is 32.7 Å². The molecule has 0 saturated carbocycles. The van der Waals surface area contributed by atoms with Gasteiger partial charge < -0.3 is 0 Å². The van der Waals surface area contributed by atoms with E-state index in [0.29, 0.717) is 0 Å². The first kappa shape index (κ1) is 13.3. The Morgan fingerprint density at radius 2 is 1.38 bits per heavy atom. The van der Waals surface area contributed by atoms with Gasteiger partial charge in [-0.25, -0.2) is 0 Å². The van der Waals surface area contributed by atoms with Gasteiger partial charge in [-0.15, -0.1) is 0 Å². The van der Waals surface area contributed by atoms with E-state index in [0.717, 1.165) is 19.3 Å². The third kappa shape index (κ3) is 3.91. The number of benzene rings is 1.